The van der Waals surface area contributed by atoms with Crippen molar-refractivity contribution in [2.75, 3.05) is 6.54 Å². The summed E-state index contributed by atoms with van der Waals surface area (Å²) in [4.78, 5) is 11.6. The molecule has 0 amide bonds. The third kappa shape index (κ3) is 3.10. The lowest BCUT2D eigenvalue weighted by molar-refractivity contribution is -0.780. The van der Waals surface area contributed by atoms with Crippen LogP contribution in [0, 0.1) is 0 Å². The maximum Gasteiger partial charge on any atom is 0.239 e. The number of aromatic nitrogens is 2. The maximum atomic E-state index is 6.83. The highest BCUT2D eigenvalue weighted by Crippen LogP contribution is 2.53. The molecular weight excluding hydrogens is 463 g/mol. The summed E-state index contributed by atoms with van der Waals surface area (Å²) in [5.74, 6) is 0. The molecule has 1 aromatic heterocycles. The summed E-state index contributed by atoms with van der Waals surface area (Å²) >= 11 is 13.6. The third-order valence-corrected chi connectivity index (χ3v) is 8.17. The maximum absolute atomic E-state index is 6.83. The second kappa shape index (κ2) is 7.41. The van der Waals surface area contributed by atoms with Gasteiger partial charge in [0.15, 0.2) is 11.7 Å². The molecule has 2 aliphatic rings. The molecule has 2 atom stereocenters. The molecule has 0 bridgehead atoms. The van der Waals surface area contributed by atoms with E-state index in [0.29, 0.717) is 21.3 Å². The van der Waals surface area contributed by atoms with Gasteiger partial charge in [-0.05, 0) is 69.0 Å². The normalized spacial score (nSPS) is 21.6. The van der Waals surface area contributed by atoms with Crippen molar-refractivity contribution in [3.63, 3.8) is 0 Å². The number of hydrogen-bond donors (Lipinski definition) is 0. The summed E-state index contributed by atoms with van der Waals surface area (Å²) in [6.45, 7) is 2.35. The molecule has 0 N–H and O–H groups in total. The summed E-state index contributed by atoms with van der Waals surface area (Å²) in [5.41, 5.74) is 3.97. The lowest BCUT2D eigenvalue weighted by Crippen LogP contribution is -2.27. The van der Waals surface area contributed by atoms with Crippen LogP contribution in [-0.4, -0.2) is 32.1 Å². The van der Waals surface area contributed by atoms with Gasteiger partial charge in [-0.3, -0.25) is 9.88 Å². The first-order valence-corrected chi connectivity index (χ1v) is 12.2. The molecule has 2 aliphatic heterocycles. The first kappa shape index (κ1) is 20.2. The molecule has 1 fully saturated rings. The first-order valence-electron chi connectivity index (χ1n) is 11.4. The third-order valence-electron chi connectivity index (χ3n) is 7.16. The highest BCUT2D eigenvalue weighted by Gasteiger charge is 2.67. The molecule has 5 aromatic rings. The van der Waals surface area contributed by atoms with Gasteiger partial charge >= 0.3 is 0 Å². The van der Waals surface area contributed by atoms with E-state index >= 15 is 0 Å². The molecule has 6 heteroatoms. The molecular formula is C28H21Cl2N4+. The molecule has 3 heterocycles. The second-order valence-electron chi connectivity index (χ2n) is 9.30. The predicted octanol–water partition coefficient (Wildman–Crippen LogP) is 6.71. The minimum absolute atomic E-state index is 0.237. The van der Waals surface area contributed by atoms with Gasteiger partial charge in [-0.2, -0.15) is 0 Å². The van der Waals surface area contributed by atoms with E-state index in [0.717, 1.165) is 29.8 Å². The van der Waals surface area contributed by atoms with Crippen LogP contribution in [0.15, 0.2) is 95.4 Å². The summed E-state index contributed by atoms with van der Waals surface area (Å²) < 4.78 is 0.631. The molecule has 166 valence electrons. The summed E-state index contributed by atoms with van der Waals surface area (Å²) in [6.07, 6.45) is 2.10. The molecule has 7 rings (SSSR count). The zero-order chi connectivity index (χ0) is 22.9. The monoisotopic (exact) mass is 483 g/mol. The van der Waals surface area contributed by atoms with E-state index in [1.165, 1.54) is 27.1 Å². The van der Waals surface area contributed by atoms with E-state index in [-0.39, 0.29) is 6.17 Å². The highest BCUT2D eigenvalue weighted by molar-refractivity contribution is 6.38. The number of para-hydroxylation sites is 2. The molecule has 0 aliphatic carbocycles. The Labute approximate surface area is 207 Å². The van der Waals surface area contributed by atoms with Crippen LogP contribution < -0.4 is 0 Å². The van der Waals surface area contributed by atoms with Crippen LogP contribution in [0.5, 0.6) is 0 Å². The molecule has 34 heavy (non-hydrogen) atoms. The van der Waals surface area contributed by atoms with Gasteiger partial charge in [-0.25, -0.2) is 9.47 Å². The average molecular weight is 484 g/mol. The van der Waals surface area contributed by atoms with Crippen molar-refractivity contribution in [1.29, 1.82) is 0 Å². The quantitative estimate of drug-likeness (QED) is 0.123. The van der Waals surface area contributed by atoms with Gasteiger partial charge in [0, 0.05) is 6.54 Å². The van der Waals surface area contributed by atoms with Crippen LogP contribution in [0.4, 0.5) is 0 Å². The number of fused-ring (bicyclic) bond motifs is 4. The topological polar surface area (TPSA) is 29.0 Å². The number of benzene rings is 4. The van der Waals surface area contributed by atoms with E-state index in [2.05, 4.69) is 64.5 Å². The standard InChI is InChI=1S/C28H21Cl2N4/c29-27-28(30)34(16-23-14-31-24-7-3-4-8-25(24)32-23)17-26(34)33(27)15-18-9-10-21-12-19-5-1-2-6-20(19)13-22(21)11-18/h1-14,26H,15-17H2/q+1. The van der Waals surface area contributed by atoms with E-state index in [1.807, 2.05) is 30.5 Å². The van der Waals surface area contributed by atoms with Gasteiger partial charge < -0.3 is 0 Å². The van der Waals surface area contributed by atoms with Gasteiger partial charge in [0.1, 0.15) is 12.2 Å². The van der Waals surface area contributed by atoms with Crippen molar-refractivity contribution in [2.24, 2.45) is 0 Å². The second-order valence-corrected chi connectivity index (χ2v) is 10.0. The van der Waals surface area contributed by atoms with E-state index in [1.54, 1.807) is 0 Å². The van der Waals surface area contributed by atoms with Crippen LogP contribution in [0.2, 0.25) is 0 Å². The average Bonchev–Trinajstić information content (AvgIpc) is 3.55. The van der Waals surface area contributed by atoms with Gasteiger partial charge in [-0.1, -0.05) is 60.1 Å². The lowest BCUT2D eigenvalue weighted by Gasteiger charge is -2.17. The Balaban J connectivity index is 1.17. The van der Waals surface area contributed by atoms with Crippen molar-refractivity contribution >= 4 is 55.8 Å². The van der Waals surface area contributed by atoms with Crippen LogP contribution >= 0.6 is 23.2 Å². The smallest absolute Gasteiger partial charge is 0.239 e. The van der Waals surface area contributed by atoms with Crippen molar-refractivity contribution in [1.82, 2.24) is 14.9 Å². The number of rotatable bonds is 4. The Morgan fingerprint density at radius 3 is 2.35 bits per heavy atom. The number of hydrogen-bond acceptors (Lipinski definition) is 3. The summed E-state index contributed by atoms with van der Waals surface area (Å²) in [6, 6.07) is 27.6. The highest BCUT2D eigenvalue weighted by atomic mass is 35.5. The molecule has 4 aromatic carbocycles. The van der Waals surface area contributed by atoms with Crippen molar-refractivity contribution in [3.8, 4) is 0 Å². The lowest BCUT2D eigenvalue weighted by atomic mass is 10.0. The number of halogens is 2. The fourth-order valence-electron chi connectivity index (χ4n) is 5.31. The zero-order valence-electron chi connectivity index (χ0n) is 18.3. The Morgan fingerprint density at radius 2 is 1.53 bits per heavy atom. The molecule has 2 unspecified atom stereocenters. The van der Waals surface area contributed by atoms with Gasteiger partial charge in [0.2, 0.25) is 11.3 Å². The SMILES string of the molecule is ClC1=C(Cl)[N+]2(Cc3cnc4ccccc4n3)CC2N1Cc1ccc2cc3ccccc3cc2c1. The minimum atomic E-state index is 0.237. The van der Waals surface area contributed by atoms with Crippen LogP contribution in [0.25, 0.3) is 32.6 Å². The minimum Gasteiger partial charge on any atom is -0.298 e. The Hall–Kier alpha value is -3.18. The Kier molecular flexibility index (Phi) is 4.40. The fourth-order valence-corrected chi connectivity index (χ4v) is 6.00. The van der Waals surface area contributed by atoms with Crippen LogP contribution in [0.3, 0.4) is 0 Å². The zero-order valence-corrected chi connectivity index (χ0v) is 19.8. The van der Waals surface area contributed by atoms with E-state index < -0.39 is 0 Å². The van der Waals surface area contributed by atoms with Crippen molar-refractivity contribution < 1.29 is 4.48 Å². The van der Waals surface area contributed by atoms with Crippen LogP contribution in [-0.2, 0) is 13.1 Å². The predicted molar refractivity (Wildman–Crippen MR) is 138 cm³/mol. The Morgan fingerprint density at radius 1 is 0.824 bits per heavy atom. The molecule has 0 saturated carbocycles. The van der Waals surface area contributed by atoms with Crippen molar-refractivity contribution in [3.05, 3.63) is 107 Å². The fraction of sp³-hybridized carbons (Fsp3) is 0.143. The Bertz CT molecular complexity index is 1650. The molecule has 1 saturated heterocycles. The van der Waals surface area contributed by atoms with Gasteiger partial charge in [0.25, 0.3) is 0 Å². The number of nitrogens with zero attached hydrogens (tertiary/aromatic N) is 4. The van der Waals surface area contributed by atoms with Gasteiger partial charge in [0.05, 0.1) is 17.2 Å². The summed E-state index contributed by atoms with van der Waals surface area (Å²) in [7, 11) is 0. The van der Waals surface area contributed by atoms with Crippen LogP contribution in [0.1, 0.15) is 11.3 Å². The molecule has 4 nitrogen and oxygen atoms in total. The molecule has 0 spiro atoms. The van der Waals surface area contributed by atoms with E-state index in [4.69, 9.17) is 28.2 Å². The first-order chi connectivity index (χ1) is 16.6. The van der Waals surface area contributed by atoms with E-state index in [9.17, 15) is 0 Å². The van der Waals surface area contributed by atoms with Gasteiger partial charge in [-0.15, -0.1) is 0 Å². The molecule has 0 radical (unpaired) electrons. The largest absolute Gasteiger partial charge is 0.298 e. The number of quaternary nitrogens is 1. The summed E-state index contributed by atoms with van der Waals surface area (Å²) in [5, 5.41) is 6.35. The van der Waals surface area contributed by atoms with Crippen molar-refractivity contribution in [2.45, 2.75) is 19.3 Å².